The summed E-state index contributed by atoms with van der Waals surface area (Å²) in [5.41, 5.74) is 6.57. The van der Waals surface area contributed by atoms with Crippen LogP contribution in [0, 0.1) is 0 Å². The van der Waals surface area contributed by atoms with E-state index in [1.807, 2.05) is 23.6 Å². The molecule has 0 bridgehead atoms. The Kier molecular flexibility index (Phi) is 2.44. The maximum atomic E-state index is 4.81. The molecule has 2 heteroatoms. The average molecular weight is 359 g/mol. The molecule has 0 radical (unpaired) electrons. The molecule has 4 aromatic carbocycles. The lowest BCUT2D eigenvalue weighted by Crippen LogP contribution is -1.89. The molecule has 0 atom stereocenters. The lowest BCUT2D eigenvalue weighted by Gasteiger charge is -2.14. The van der Waals surface area contributed by atoms with Gasteiger partial charge in [-0.2, -0.15) is 0 Å². The van der Waals surface area contributed by atoms with Crippen LogP contribution in [-0.2, 0) is 0 Å². The first-order chi connectivity index (χ1) is 13.4. The molecule has 1 aliphatic rings. The van der Waals surface area contributed by atoms with Crippen LogP contribution in [0.15, 0.2) is 78.3 Å². The van der Waals surface area contributed by atoms with Gasteiger partial charge in [-0.25, -0.2) is 0 Å². The zero-order valence-electron chi connectivity index (χ0n) is 14.4. The standard InChI is InChI=1S/C25H13NS/c1-2-7-16-15(6-1)17-11-10-14-5-4-12-26-25(14)24(17)23-19-13-27-20-9-3-8-18(21(19)20)22(16)23/h1-13H. The van der Waals surface area contributed by atoms with Gasteiger partial charge in [0.15, 0.2) is 0 Å². The Bertz CT molecular complexity index is 1570. The van der Waals surface area contributed by atoms with E-state index in [-0.39, 0.29) is 0 Å². The van der Waals surface area contributed by atoms with Crippen molar-refractivity contribution in [2.75, 3.05) is 0 Å². The third-order valence-corrected chi connectivity index (χ3v) is 6.85. The van der Waals surface area contributed by atoms with Crippen molar-refractivity contribution in [3.8, 4) is 22.3 Å². The van der Waals surface area contributed by atoms with Gasteiger partial charge in [0.05, 0.1) is 5.52 Å². The number of hydrogen-bond acceptors (Lipinski definition) is 2. The Morgan fingerprint density at radius 3 is 2.52 bits per heavy atom. The average Bonchev–Trinajstić information content (AvgIpc) is 3.31. The molecular weight excluding hydrogens is 346 g/mol. The van der Waals surface area contributed by atoms with Gasteiger partial charge in [0, 0.05) is 38.2 Å². The summed E-state index contributed by atoms with van der Waals surface area (Å²) in [6, 6.07) is 24.2. The zero-order chi connectivity index (χ0) is 17.5. The van der Waals surface area contributed by atoms with Gasteiger partial charge in [0.1, 0.15) is 0 Å². The summed E-state index contributed by atoms with van der Waals surface area (Å²) in [4.78, 5) is 4.81. The van der Waals surface area contributed by atoms with Gasteiger partial charge in [-0.05, 0) is 44.8 Å². The Labute approximate surface area is 159 Å². The molecule has 1 nitrogen and oxygen atoms in total. The predicted octanol–water partition coefficient (Wildman–Crippen LogP) is 7.40. The van der Waals surface area contributed by atoms with Gasteiger partial charge in [-0.3, -0.25) is 4.98 Å². The Balaban J connectivity index is 1.88. The van der Waals surface area contributed by atoms with E-state index in [2.05, 4.69) is 66.0 Å². The highest BCUT2D eigenvalue weighted by atomic mass is 32.1. The maximum absolute atomic E-state index is 4.81. The van der Waals surface area contributed by atoms with Gasteiger partial charge >= 0.3 is 0 Å². The van der Waals surface area contributed by atoms with E-state index < -0.39 is 0 Å². The van der Waals surface area contributed by atoms with Crippen LogP contribution in [0.4, 0.5) is 0 Å². The lowest BCUT2D eigenvalue weighted by atomic mass is 9.89. The largest absolute Gasteiger partial charge is 0.256 e. The first-order valence-electron chi connectivity index (χ1n) is 9.15. The summed E-state index contributed by atoms with van der Waals surface area (Å²) in [5.74, 6) is 0. The van der Waals surface area contributed by atoms with Crippen LogP contribution in [0.5, 0.6) is 0 Å². The lowest BCUT2D eigenvalue weighted by molar-refractivity contribution is 1.43. The molecule has 0 spiro atoms. The van der Waals surface area contributed by atoms with Crippen molar-refractivity contribution >= 4 is 53.9 Å². The van der Waals surface area contributed by atoms with Crippen molar-refractivity contribution in [2.24, 2.45) is 0 Å². The molecule has 0 aliphatic heterocycles. The van der Waals surface area contributed by atoms with Crippen molar-refractivity contribution < 1.29 is 0 Å². The van der Waals surface area contributed by atoms with Crippen LogP contribution in [0.3, 0.4) is 0 Å². The van der Waals surface area contributed by atoms with Crippen LogP contribution in [-0.4, -0.2) is 4.98 Å². The topological polar surface area (TPSA) is 12.9 Å². The molecule has 27 heavy (non-hydrogen) atoms. The molecule has 1 aliphatic carbocycles. The maximum Gasteiger partial charge on any atom is 0.0786 e. The Morgan fingerprint density at radius 2 is 1.56 bits per heavy atom. The Hall–Kier alpha value is -3.23. The molecule has 0 N–H and O–H groups in total. The van der Waals surface area contributed by atoms with E-state index in [1.165, 1.54) is 59.3 Å². The molecule has 0 amide bonds. The normalized spacial score (nSPS) is 12.4. The van der Waals surface area contributed by atoms with Crippen molar-refractivity contribution in [3.63, 3.8) is 0 Å². The monoisotopic (exact) mass is 359 g/mol. The Morgan fingerprint density at radius 1 is 0.630 bits per heavy atom. The summed E-state index contributed by atoms with van der Waals surface area (Å²) < 4.78 is 1.36. The highest BCUT2D eigenvalue weighted by Crippen LogP contribution is 2.55. The number of pyridine rings is 1. The van der Waals surface area contributed by atoms with Gasteiger partial charge in [0.25, 0.3) is 0 Å². The molecule has 124 valence electrons. The van der Waals surface area contributed by atoms with E-state index in [4.69, 9.17) is 4.98 Å². The molecule has 6 aromatic rings. The second-order valence-electron chi connectivity index (χ2n) is 7.19. The number of aromatic nitrogens is 1. The molecule has 0 saturated carbocycles. The van der Waals surface area contributed by atoms with Crippen molar-refractivity contribution in [1.82, 2.24) is 4.98 Å². The van der Waals surface area contributed by atoms with Gasteiger partial charge in [-0.15, -0.1) is 11.3 Å². The minimum atomic E-state index is 1.10. The summed E-state index contributed by atoms with van der Waals surface area (Å²) in [7, 11) is 0. The van der Waals surface area contributed by atoms with E-state index in [9.17, 15) is 0 Å². The third kappa shape index (κ3) is 1.58. The van der Waals surface area contributed by atoms with E-state index in [0.29, 0.717) is 0 Å². The van der Waals surface area contributed by atoms with Crippen LogP contribution < -0.4 is 0 Å². The van der Waals surface area contributed by atoms with E-state index >= 15 is 0 Å². The van der Waals surface area contributed by atoms with E-state index in [0.717, 1.165) is 5.52 Å². The molecule has 0 unspecified atom stereocenters. The number of thiophene rings is 1. The predicted molar refractivity (Wildman–Crippen MR) is 117 cm³/mol. The molecular formula is C25H13NS. The minimum Gasteiger partial charge on any atom is -0.256 e. The zero-order valence-corrected chi connectivity index (χ0v) is 15.2. The second kappa shape index (κ2) is 4.73. The number of nitrogens with zero attached hydrogens (tertiary/aromatic N) is 1. The van der Waals surface area contributed by atoms with E-state index in [1.54, 1.807) is 0 Å². The van der Waals surface area contributed by atoms with Gasteiger partial charge in [0.2, 0.25) is 0 Å². The van der Waals surface area contributed by atoms with Crippen molar-refractivity contribution in [2.45, 2.75) is 0 Å². The van der Waals surface area contributed by atoms with Crippen LogP contribution in [0.2, 0.25) is 0 Å². The summed E-state index contributed by atoms with van der Waals surface area (Å²) in [6.45, 7) is 0. The van der Waals surface area contributed by atoms with Gasteiger partial charge < -0.3 is 0 Å². The highest BCUT2D eigenvalue weighted by molar-refractivity contribution is 7.18. The first kappa shape index (κ1) is 13.9. The summed E-state index contributed by atoms with van der Waals surface area (Å²) in [5, 5.41) is 10.2. The second-order valence-corrected chi connectivity index (χ2v) is 8.10. The molecule has 2 heterocycles. The first-order valence-corrected chi connectivity index (χ1v) is 10.0. The quantitative estimate of drug-likeness (QED) is 0.257. The number of rotatable bonds is 0. The van der Waals surface area contributed by atoms with Gasteiger partial charge in [-0.1, -0.05) is 54.6 Å². The SMILES string of the molecule is c1cnc2c(c1)ccc1c3ccccc3c3c(c12)-c1csc2cccc-3c12. The van der Waals surface area contributed by atoms with Crippen molar-refractivity contribution in [1.29, 1.82) is 0 Å². The smallest absolute Gasteiger partial charge is 0.0786 e. The molecule has 0 fully saturated rings. The van der Waals surface area contributed by atoms with Crippen LogP contribution in [0.1, 0.15) is 0 Å². The van der Waals surface area contributed by atoms with Crippen LogP contribution in [0.25, 0.3) is 64.8 Å². The molecule has 0 saturated heterocycles. The van der Waals surface area contributed by atoms with Crippen molar-refractivity contribution in [3.05, 3.63) is 78.3 Å². The van der Waals surface area contributed by atoms with Crippen LogP contribution >= 0.6 is 11.3 Å². The number of fused-ring (bicyclic) bond motifs is 10. The molecule has 2 aromatic heterocycles. The number of hydrogen-bond donors (Lipinski definition) is 0. The highest BCUT2D eigenvalue weighted by Gasteiger charge is 2.28. The fourth-order valence-corrected chi connectivity index (χ4v) is 5.82. The minimum absolute atomic E-state index is 1.10. The summed E-state index contributed by atoms with van der Waals surface area (Å²) in [6.07, 6.45) is 1.91. The fraction of sp³-hybridized carbons (Fsp3) is 0. The molecule has 7 rings (SSSR count). The third-order valence-electron chi connectivity index (χ3n) is 5.90. The number of benzene rings is 4. The fourth-order valence-electron chi connectivity index (χ4n) is 4.85. The summed E-state index contributed by atoms with van der Waals surface area (Å²) >= 11 is 1.84.